The lowest BCUT2D eigenvalue weighted by Crippen LogP contribution is -2.26. The molecule has 3 heteroatoms. The zero-order chi connectivity index (χ0) is 8.10. The van der Waals surface area contributed by atoms with Crippen LogP contribution >= 0.6 is 0 Å². The van der Waals surface area contributed by atoms with Gasteiger partial charge in [0.25, 0.3) is 0 Å². The molecule has 1 aliphatic rings. The van der Waals surface area contributed by atoms with Gasteiger partial charge < -0.3 is 9.74 Å². The molecule has 0 aliphatic carbocycles. The molecule has 0 aromatic heterocycles. The number of likely N-dealkylation sites (N-methyl/N-ethyl adjacent to an activating group) is 1. The molecule has 0 saturated carbocycles. The molecule has 0 amide bonds. The molecule has 0 saturated heterocycles. The molecule has 64 valence electrons. The molecule has 1 aliphatic heterocycles. The molecule has 0 unspecified atom stereocenters. The Labute approximate surface area is 67.8 Å². The number of nitrogens with zero attached hydrogens (tertiary/aromatic N) is 1. The van der Waals surface area contributed by atoms with E-state index in [1.165, 1.54) is 12.1 Å². The van der Waals surface area contributed by atoms with Crippen LogP contribution in [-0.2, 0) is 4.84 Å². The number of hydrogen-bond acceptors (Lipinski definition) is 3. The molecule has 1 rings (SSSR count). The smallest absolute Gasteiger partial charge is 0.0716 e. The number of rotatable bonds is 3. The Morgan fingerprint density at radius 2 is 2.55 bits per heavy atom. The normalized spacial score (nSPS) is 20.0. The zero-order valence-electron chi connectivity index (χ0n) is 7.05. The largest absolute Gasteiger partial charge is 0.304 e. The van der Waals surface area contributed by atoms with E-state index >= 15 is 0 Å². The molecule has 0 radical (unpaired) electrons. The van der Waals surface area contributed by atoms with Crippen molar-refractivity contribution >= 4 is 0 Å². The minimum atomic E-state index is 0.639. The van der Waals surface area contributed by atoms with Crippen LogP contribution in [-0.4, -0.2) is 31.6 Å². The van der Waals surface area contributed by atoms with E-state index in [4.69, 9.17) is 5.90 Å². The van der Waals surface area contributed by atoms with Gasteiger partial charge >= 0.3 is 0 Å². The molecule has 1 heterocycles. The van der Waals surface area contributed by atoms with E-state index in [0.29, 0.717) is 6.61 Å². The quantitative estimate of drug-likeness (QED) is 0.478. The third kappa shape index (κ3) is 3.01. The average Bonchev–Trinajstić information content (AvgIpc) is 2.01. The highest BCUT2D eigenvalue weighted by Crippen LogP contribution is 2.10. The van der Waals surface area contributed by atoms with Crippen LogP contribution in [0.15, 0.2) is 11.6 Å². The second-order valence-corrected chi connectivity index (χ2v) is 3.01. The van der Waals surface area contributed by atoms with Crippen molar-refractivity contribution in [3.05, 3.63) is 11.6 Å². The van der Waals surface area contributed by atoms with E-state index in [0.717, 1.165) is 19.4 Å². The molecule has 0 spiro atoms. The van der Waals surface area contributed by atoms with Gasteiger partial charge in [-0.2, -0.15) is 0 Å². The zero-order valence-corrected chi connectivity index (χ0v) is 7.05. The Hall–Kier alpha value is -0.380. The summed E-state index contributed by atoms with van der Waals surface area (Å²) in [6, 6.07) is 0. The molecule has 0 aromatic carbocycles. The first-order valence-corrected chi connectivity index (χ1v) is 4.01. The molecule has 0 fully saturated rings. The predicted octanol–water partition coefficient (Wildman–Crippen LogP) is 0.529. The van der Waals surface area contributed by atoms with Crippen LogP contribution in [0.1, 0.15) is 12.8 Å². The summed E-state index contributed by atoms with van der Waals surface area (Å²) in [6.45, 7) is 2.88. The van der Waals surface area contributed by atoms with E-state index < -0.39 is 0 Å². The van der Waals surface area contributed by atoms with Crippen molar-refractivity contribution in [2.75, 3.05) is 26.7 Å². The molecule has 11 heavy (non-hydrogen) atoms. The second-order valence-electron chi connectivity index (χ2n) is 3.01. The van der Waals surface area contributed by atoms with Crippen molar-refractivity contribution in [1.82, 2.24) is 4.90 Å². The lowest BCUT2D eigenvalue weighted by atomic mass is 10.1. The third-order valence-corrected chi connectivity index (χ3v) is 1.96. The second kappa shape index (κ2) is 4.49. The Morgan fingerprint density at radius 1 is 1.73 bits per heavy atom. The predicted molar refractivity (Wildman–Crippen MR) is 45.0 cm³/mol. The summed E-state index contributed by atoms with van der Waals surface area (Å²) in [5, 5.41) is 0. The van der Waals surface area contributed by atoms with Crippen LogP contribution in [0.4, 0.5) is 0 Å². The Balaban J connectivity index is 2.27. The molecule has 2 N–H and O–H groups in total. The van der Waals surface area contributed by atoms with Crippen LogP contribution in [0, 0.1) is 0 Å². The fraction of sp³-hybridized carbons (Fsp3) is 0.750. The number of nitrogens with two attached hydrogens (primary N) is 1. The van der Waals surface area contributed by atoms with Gasteiger partial charge in [0.15, 0.2) is 0 Å². The van der Waals surface area contributed by atoms with E-state index in [1.54, 1.807) is 0 Å². The molecular weight excluding hydrogens is 140 g/mol. The molecule has 0 bridgehead atoms. The van der Waals surface area contributed by atoms with Crippen LogP contribution in [0.2, 0.25) is 0 Å². The summed E-state index contributed by atoms with van der Waals surface area (Å²) in [6.07, 6.45) is 4.43. The monoisotopic (exact) mass is 156 g/mol. The van der Waals surface area contributed by atoms with Crippen molar-refractivity contribution in [1.29, 1.82) is 0 Å². The molecule has 0 atom stereocenters. The SMILES string of the molecule is CN1CCC=C(CCON)C1. The summed E-state index contributed by atoms with van der Waals surface area (Å²) in [5.41, 5.74) is 1.45. The van der Waals surface area contributed by atoms with Crippen LogP contribution in [0.5, 0.6) is 0 Å². The van der Waals surface area contributed by atoms with Crippen molar-refractivity contribution in [2.45, 2.75) is 12.8 Å². The lowest BCUT2D eigenvalue weighted by Gasteiger charge is -2.22. The van der Waals surface area contributed by atoms with Gasteiger partial charge in [0.2, 0.25) is 0 Å². The first-order chi connectivity index (χ1) is 5.33. The molecule has 3 nitrogen and oxygen atoms in total. The third-order valence-electron chi connectivity index (χ3n) is 1.96. The lowest BCUT2D eigenvalue weighted by molar-refractivity contribution is 0.139. The first-order valence-electron chi connectivity index (χ1n) is 4.01. The highest BCUT2D eigenvalue weighted by atomic mass is 16.6. The van der Waals surface area contributed by atoms with E-state index in [-0.39, 0.29) is 0 Å². The van der Waals surface area contributed by atoms with Gasteiger partial charge in [0.1, 0.15) is 0 Å². The Morgan fingerprint density at radius 3 is 3.18 bits per heavy atom. The van der Waals surface area contributed by atoms with Gasteiger partial charge in [0.05, 0.1) is 6.61 Å². The van der Waals surface area contributed by atoms with Crippen molar-refractivity contribution in [2.24, 2.45) is 5.90 Å². The summed E-state index contributed by atoms with van der Waals surface area (Å²) < 4.78 is 0. The summed E-state index contributed by atoms with van der Waals surface area (Å²) in [7, 11) is 2.14. The van der Waals surface area contributed by atoms with Gasteiger partial charge in [-0.15, -0.1) is 0 Å². The van der Waals surface area contributed by atoms with E-state index in [9.17, 15) is 0 Å². The van der Waals surface area contributed by atoms with Gasteiger partial charge in [-0.3, -0.25) is 0 Å². The van der Waals surface area contributed by atoms with Crippen molar-refractivity contribution < 1.29 is 4.84 Å². The maximum Gasteiger partial charge on any atom is 0.0716 e. The summed E-state index contributed by atoms with van der Waals surface area (Å²) in [5.74, 6) is 4.94. The van der Waals surface area contributed by atoms with Crippen molar-refractivity contribution in [3.63, 3.8) is 0 Å². The minimum Gasteiger partial charge on any atom is -0.304 e. The van der Waals surface area contributed by atoms with Crippen LogP contribution < -0.4 is 5.90 Å². The minimum absolute atomic E-state index is 0.639. The fourth-order valence-corrected chi connectivity index (χ4v) is 1.35. The first kappa shape index (κ1) is 8.71. The standard InChI is InChI=1S/C8H16N2O/c1-10-5-2-3-8(7-10)4-6-11-9/h3H,2,4-7,9H2,1H3. The topological polar surface area (TPSA) is 38.5 Å². The Bertz CT molecular complexity index is 145. The van der Waals surface area contributed by atoms with Gasteiger partial charge in [-0.25, -0.2) is 5.90 Å². The Kier molecular flexibility index (Phi) is 3.56. The van der Waals surface area contributed by atoms with Crippen LogP contribution in [0.3, 0.4) is 0 Å². The maximum absolute atomic E-state index is 4.94. The van der Waals surface area contributed by atoms with Crippen LogP contribution in [0.25, 0.3) is 0 Å². The maximum atomic E-state index is 4.94. The highest BCUT2D eigenvalue weighted by molar-refractivity contribution is 5.07. The summed E-state index contributed by atoms with van der Waals surface area (Å²) >= 11 is 0. The highest BCUT2D eigenvalue weighted by Gasteiger charge is 2.07. The van der Waals surface area contributed by atoms with Gasteiger partial charge in [-0.05, 0) is 19.9 Å². The molecular formula is C8H16N2O. The van der Waals surface area contributed by atoms with Gasteiger partial charge in [-0.1, -0.05) is 11.6 Å². The van der Waals surface area contributed by atoms with E-state index in [1.807, 2.05) is 0 Å². The molecule has 0 aromatic rings. The average molecular weight is 156 g/mol. The van der Waals surface area contributed by atoms with Crippen molar-refractivity contribution in [3.8, 4) is 0 Å². The fourth-order valence-electron chi connectivity index (χ4n) is 1.35. The van der Waals surface area contributed by atoms with E-state index in [2.05, 4.69) is 22.9 Å². The number of hydrogen-bond donors (Lipinski definition) is 1. The summed E-state index contributed by atoms with van der Waals surface area (Å²) in [4.78, 5) is 6.83. The van der Waals surface area contributed by atoms with Gasteiger partial charge in [0, 0.05) is 13.1 Å².